The highest BCUT2D eigenvalue weighted by Gasteiger charge is 2.07. The molecular formula is C25H34IN5O. The van der Waals surface area contributed by atoms with Crippen LogP contribution in [0.5, 0.6) is 0 Å². The van der Waals surface area contributed by atoms with E-state index in [1.807, 2.05) is 30.3 Å². The van der Waals surface area contributed by atoms with Crippen LogP contribution in [0.25, 0.3) is 11.5 Å². The maximum Gasteiger partial charge on any atom is 0.226 e. The van der Waals surface area contributed by atoms with Gasteiger partial charge in [-0.1, -0.05) is 56.3 Å². The summed E-state index contributed by atoms with van der Waals surface area (Å²) in [6, 6.07) is 18.6. The number of guanidine groups is 1. The Balaban J connectivity index is 0.00000363. The van der Waals surface area contributed by atoms with E-state index in [1.54, 1.807) is 6.26 Å². The first-order valence-corrected chi connectivity index (χ1v) is 11.0. The van der Waals surface area contributed by atoms with Crippen molar-refractivity contribution in [3.63, 3.8) is 0 Å². The van der Waals surface area contributed by atoms with Crippen LogP contribution in [0, 0.1) is 0 Å². The highest BCUT2D eigenvalue weighted by molar-refractivity contribution is 14.0. The minimum absolute atomic E-state index is 0. The molecule has 0 bridgehead atoms. The van der Waals surface area contributed by atoms with E-state index in [2.05, 4.69) is 65.6 Å². The SMILES string of the molecule is CCNC(=NCc1cccc(CN(CC)CC)c1)NCc1coc(-c2ccccc2)n1.I. The number of nitrogens with one attached hydrogen (secondary N) is 2. The molecule has 0 radical (unpaired) electrons. The smallest absolute Gasteiger partial charge is 0.226 e. The molecule has 3 aromatic rings. The third kappa shape index (κ3) is 7.94. The largest absolute Gasteiger partial charge is 0.444 e. The van der Waals surface area contributed by atoms with Crippen LogP contribution in [0.15, 0.2) is 70.3 Å². The molecule has 0 saturated carbocycles. The van der Waals surface area contributed by atoms with Gasteiger partial charge in [0.2, 0.25) is 5.89 Å². The average Bonchev–Trinajstić information content (AvgIpc) is 3.29. The highest BCUT2D eigenvalue weighted by atomic mass is 127. The summed E-state index contributed by atoms with van der Waals surface area (Å²) in [5, 5.41) is 6.64. The fourth-order valence-electron chi connectivity index (χ4n) is 3.32. The second-order valence-electron chi connectivity index (χ2n) is 7.34. The Morgan fingerprint density at radius 2 is 1.72 bits per heavy atom. The Hall–Kier alpha value is -2.39. The second kappa shape index (κ2) is 13.9. The molecule has 6 nitrogen and oxygen atoms in total. The van der Waals surface area contributed by atoms with E-state index in [1.165, 1.54) is 11.1 Å². The van der Waals surface area contributed by atoms with Crippen molar-refractivity contribution in [2.75, 3.05) is 19.6 Å². The lowest BCUT2D eigenvalue weighted by atomic mass is 10.1. The molecule has 0 atom stereocenters. The fourth-order valence-corrected chi connectivity index (χ4v) is 3.32. The molecule has 0 spiro atoms. The summed E-state index contributed by atoms with van der Waals surface area (Å²) in [5.74, 6) is 1.39. The molecule has 3 rings (SSSR count). The molecule has 0 aliphatic rings. The van der Waals surface area contributed by atoms with Crippen molar-refractivity contribution in [3.8, 4) is 11.5 Å². The molecule has 0 aliphatic carbocycles. The molecule has 0 saturated heterocycles. The zero-order chi connectivity index (χ0) is 21.9. The molecule has 0 unspecified atom stereocenters. The lowest BCUT2D eigenvalue weighted by Crippen LogP contribution is -2.36. The Kier molecular flexibility index (Phi) is 11.2. The summed E-state index contributed by atoms with van der Waals surface area (Å²) in [7, 11) is 0. The molecule has 1 heterocycles. The molecule has 0 aliphatic heterocycles. The number of oxazole rings is 1. The zero-order valence-corrected chi connectivity index (χ0v) is 21.5. The van der Waals surface area contributed by atoms with Crippen molar-refractivity contribution >= 4 is 29.9 Å². The van der Waals surface area contributed by atoms with Crippen molar-refractivity contribution in [1.29, 1.82) is 0 Å². The lowest BCUT2D eigenvalue weighted by molar-refractivity contribution is 0.296. The molecule has 172 valence electrons. The number of rotatable bonds is 10. The van der Waals surface area contributed by atoms with Gasteiger partial charge in [0.15, 0.2) is 5.96 Å². The quantitative estimate of drug-likeness (QED) is 0.211. The lowest BCUT2D eigenvalue weighted by Gasteiger charge is -2.18. The van der Waals surface area contributed by atoms with E-state index < -0.39 is 0 Å². The van der Waals surface area contributed by atoms with Gasteiger partial charge < -0.3 is 15.1 Å². The summed E-state index contributed by atoms with van der Waals surface area (Å²) in [4.78, 5) is 11.7. The number of aliphatic imine (C=N–C) groups is 1. The summed E-state index contributed by atoms with van der Waals surface area (Å²) in [5.41, 5.74) is 4.34. The molecule has 0 fully saturated rings. The molecule has 7 heteroatoms. The fraction of sp³-hybridized carbons (Fsp3) is 0.360. The van der Waals surface area contributed by atoms with Crippen molar-refractivity contribution in [2.45, 2.75) is 40.4 Å². The third-order valence-corrected chi connectivity index (χ3v) is 5.07. The Bertz CT molecular complexity index is 954. The van der Waals surface area contributed by atoms with Gasteiger partial charge in [0.25, 0.3) is 0 Å². The maximum atomic E-state index is 5.62. The van der Waals surface area contributed by atoms with Crippen molar-refractivity contribution < 1.29 is 4.42 Å². The summed E-state index contributed by atoms with van der Waals surface area (Å²) >= 11 is 0. The minimum Gasteiger partial charge on any atom is -0.444 e. The third-order valence-electron chi connectivity index (χ3n) is 5.07. The minimum atomic E-state index is 0. The van der Waals surface area contributed by atoms with Crippen LogP contribution in [-0.4, -0.2) is 35.5 Å². The van der Waals surface area contributed by atoms with Crippen LogP contribution in [0.1, 0.15) is 37.6 Å². The van der Waals surface area contributed by atoms with E-state index in [9.17, 15) is 0 Å². The van der Waals surface area contributed by atoms with Crippen LogP contribution in [0.2, 0.25) is 0 Å². The number of nitrogens with zero attached hydrogens (tertiary/aromatic N) is 3. The van der Waals surface area contributed by atoms with Crippen molar-refractivity contribution in [1.82, 2.24) is 20.5 Å². The first-order valence-electron chi connectivity index (χ1n) is 11.0. The Labute approximate surface area is 208 Å². The van der Waals surface area contributed by atoms with Gasteiger partial charge in [-0.15, -0.1) is 24.0 Å². The number of aromatic nitrogens is 1. The second-order valence-corrected chi connectivity index (χ2v) is 7.34. The number of halogens is 1. The molecule has 2 N–H and O–H groups in total. The van der Waals surface area contributed by atoms with Gasteiger partial charge in [0.05, 0.1) is 18.8 Å². The van der Waals surface area contributed by atoms with Crippen molar-refractivity contribution in [3.05, 3.63) is 77.7 Å². The van der Waals surface area contributed by atoms with Gasteiger partial charge in [-0.05, 0) is 43.3 Å². The van der Waals surface area contributed by atoms with Gasteiger partial charge in [0, 0.05) is 18.7 Å². The van der Waals surface area contributed by atoms with E-state index in [-0.39, 0.29) is 24.0 Å². The van der Waals surface area contributed by atoms with Gasteiger partial charge in [-0.2, -0.15) is 0 Å². The van der Waals surface area contributed by atoms with Gasteiger partial charge in [0.1, 0.15) is 6.26 Å². The van der Waals surface area contributed by atoms with E-state index in [0.717, 1.165) is 43.4 Å². The Morgan fingerprint density at radius 1 is 0.969 bits per heavy atom. The normalized spacial score (nSPS) is 11.3. The summed E-state index contributed by atoms with van der Waals surface area (Å²) < 4.78 is 5.62. The van der Waals surface area contributed by atoms with Gasteiger partial charge in [-0.25, -0.2) is 9.98 Å². The number of hydrogen-bond acceptors (Lipinski definition) is 4. The maximum absolute atomic E-state index is 5.62. The molecular weight excluding hydrogens is 513 g/mol. The zero-order valence-electron chi connectivity index (χ0n) is 19.2. The highest BCUT2D eigenvalue weighted by Crippen LogP contribution is 2.17. The van der Waals surface area contributed by atoms with Gasteiger partial charge >= 0.3 is 0 Å². The molecule has 1 aromatic heterocycles. The van der Waals surface area contributed by atoms with Crippen LogP contribution >= 0.6 is 24.0 Å². The molecule has 32 heavy (non-hydrogen) atoms. The van der Waals surface area contributed by atoms with Crippen molar-refractivity contribution in [2.24, 2.45) is 4.99 Å². The summed E-state index contributed by atoms with van der Waals surface area (Å²) in [6.07, 6.45) is 1.69. The number of benzene rings is 2. The monoisotopic (exact) mass is 547 g/mol. The molecule has 2 aromatic carbocycles. The van der Waals surface area contributed by atoms with E-state index in [0.29, 0.717) is 19.0 Å². The molecule has 0 amide bonds. The predicted molar refractivity (Wildman–Crippen MR) is 142 cm³/mol. The first-order chi connectivity index (χ1) is 15.2. The van der Waals surface area contributed by atoms with Crippen LogP contribution in [0.3, 0.4) is 0 Å². The Morgan fingerprint density at radius 3 is 2.44 bits per heavy atom. The topological polar surface area (TPSA) is 65.7 Å². The predicted octanol–water partition coefficient (Wildman–Crippen LogP) is 5.06. The number of hydrogen-bond donors (Lipinski definition) is 2. The average molecular weight is 547 g/mol. The van der Waals surface area contributed by atoms with Gasteiger partial charge in [-0.3, -0.25) is 4.90 Å². The van der Waals surface area contributed by atoms with Crippen LogP contribution in [0.4, 0.5) is 0 Å². The van der Waals surface area contributed by atoms with E-state index >= 15 is 0 Å². The summed E-state index contributed by atoms with van der Waals surface area (Å²) in [6.45, 7) is 11.5. The van der Waals surface area contributed by atoms with Crippen LogP contribution in [-0.2, 0) is 19.6 Å². The first kappa shape index (κ1) is 25.9. The van der Waals surface area contributed by atoms with E-state index in [4.69, 9.17) is 9.41 Å². The standard InChI is InChI=1S/C25H33N5O.HI/c1-4-26-25(27-16-20-11-10-12-21(15-20)18-30(5-2)6-3)28-17-23-19-31-24(29-23)22-13-8-7-9-14-22;/h7-15,19H,4-6,16-18H2,1-3H3,(H2,26,27,28);1H. The van der Waals surface area contributed by atoms with Crippen LogP contribution < -0.4 is 10.6 Å².